The average Bonchev–Trinajstić information content (AvgIpc) is 3.14. The van der Waals surface area contributed by atoms with Gasteiger partial charge in [0.2, 0.25) is 5.90 Å². The number of carbonyl (C=O) groups excluding carboxylic acids is 1. The molecular formula is C25H19ClINO4. The molecule has 0 fully saturated rings. The lowest BCUT2D eigenvalue weighted by Crippen LogP contribution is -2.05. The molecule has 5 nitrogen and oxygen atoms in total. The quantitative estimate of drug-likeness (QED) is 0.195. The second kappa shape index (κ2) is 10.2. The zero-order valence-corrected chi connectivity index (χ0v) is 20.1. The molecule has 0 radical (unpaired) electrons. The molecular weight excluding hydrogens is 541 g/mol. The van der Waals surface area contributed by atoms with Crippen LogP contribution in [0.2, 0.25) is 5.02 Å². The Morgan fingerprint density at radius 1 is 1.06 bits per heavy atom. The number of hydrogen-bond donors (Lipinski definition) is 0. The predicted molar refractivity (Wildman–Crippen MR) is 133 cm³/mol. The first-order valence-electron chi connectivity index (χ1n) is 9.95. The summed E-state index contributed by atoms with van der Waals surface area (Å²) < 4.78 is 18.1. The molecule has 0 unspecified atom stereocenters. The van der Waals surface area contributed by atoms with E-state index >= 15 is 0 Å². The van der Waals surface area contributed by atoms with Gasteiger partial charge in [-0.2, -0.15) is 0 Å². The van der Waals surface area contributed by atoms with Crippen LogP contribution >= 0.6 is 34.2 Å². The maximum Gasteiger partial charge on any atom is 0.363 e. The van der Waals surface area contributed by atoms with E-state index in [4.69, 9.17) is 25.8 Å². The van der Waals surface area contributed by atoms with E-state index in [1.165, 1.54) is 0 Å². The number of ether oxygens (including phenoxy) is 3. The smallest absolute Gasteiger partial charge is 0.363 e. The summed E-state index contributed by atoms with van der Waals surface area (Å²) in [4.78, 5) is 16.7. The zero-order chi connectivity index (χ0) is 22.5. The van der Waals surface area contributed by atoms with Gasteiger partial charge < -0.3 is 14.2 Å². The Labute approximate surface area is 204 Å². The van der Waals surface area contributed by atoms with Crippen LogP contribution in [0.5, 0.6) is 11.5 Å². The minimum Gasteiger partial charge on any atom is -0.490 e. The first kappa shape index (κ1) is 22.4. The van der Waals surface area contributed by atoms with Gasteiger partial charge in [-0.1, -0.05) is 41.9 Å². The van der Waals surface area contributed by atoms with Crippen LogP contribution in [0.25, 0.3) is 6.08 Å². The second-order valence-electron chi connectivity index (χ2n) is 6.88. The molecule has 32 heavy (non-hydrogen) atoms. The standard InChI is InChI=1S/C25H19ClINO4/c1-2-30-22-14-17(12-20(26)23(22)31-15-16-6-4-3-5-7-16)13-21-25(29)32-24(28-21)18-8-10-19(27)11-9-18/h3-14H,2,15H2,1H3/b21-13-. The molecule has 0 aromatic heterocycles. The summed E-state index contributed by atoms with van der Waals surface area (Å²) in [7, 11) is 0. The maximum absolute atomic E-state index is 12.4. The highest BCUT2D eigenvalue weighted by molar-refractivity contribution is 14.1. The van der Waals surface area contributed by atoms with Gasteiger partial charge in [0.25, 0.3) is 0 Å². The topological polar surface area (TPSA) is 57.1 Å². The first-order chi connectivity index (χ1) is 15.5. The number of rotatable bonds is 7. The van der Waals surface area contributed by atoms with Crippen LogP contribution in [0, 0.1) is 3.57 Å². The van der Waals surface area contributed by atoms with Crippen LogP contribution in [-0.2, 0) is 16.1 Å². The summed E-state index contributed by atoms with van der Waals surface area (Å²) >= 11 is 8.72. The molecule has 7 heteroatoms. The molecule has 0 bridgehead atoms. The van der Waals surface area contributed by atoms with E-state index in [1.54, 1.807) is 18.2 Å². The monoisotopic (exact) mass is 559 g/mol. The van der Waals surface area contributed by atoms with E-state index in [1.807, 2.05) is 61.5 Å². The van der Waals surface area contributed by atoms with E-state index in [2.05, 4.69) is 27.6 Å². The molecule has 0 saturated carbocycles. The van der Waals surface area contributed by atoms with E-state index in [9.17, 15) is 4.79 Å². The number of carbonyl (C=O) groups is 1. The van der Waals surface area contributed by atoms with Crippen LogP contribution in [-0.4, -0.2) is 18.5 Å². The van der Waals surface area contributed by atoms with E-state index < -0.39 is 5.97 Å². The van der Waals surface area contributed by atoms with Crippen molar-refractivity contribution in [3.63, 3.8) is 0 Å². The normalized spacial score (nSPS) is 14.3. The minimum absolute atomic E-state index is 0.190. The van der Waals surface area contributed by atoms with Crippen LogP contribution in [0.1, 0.15) is 23.6 Å². The van der Waals surface area contributed by atoms with Crippen LogP contribution in [0.4, 0.5) is 0 Å². The molecule has 0 N–H and O–H groups in total. The molecule has 1 aliphatic heterocycles. The third-order valence-electron chi connectivity index (χ3n) is 4.57. The number of hydrogen-bond acceptors (Lipinski definition) is 5. The van der Waals surface area contributed by atoms with Gasteiger partial charge in [0.15, 0.2) is 17.2 Å². The molecule has 3 aromatic rings. The molecule has 0 saturated heterocycles. The lowest BCUT2D eigenvalue weighted by Gasteiger charge is -2.14. The van der Waals surface area contributed by atoms with Crippen molar-refractivity contribution in [1.29, 1.82) is 0 Å². The van der Waals surface area contributed by atoms with Crippen molar-refractivity contribution in [2.45, 2.75) is 13.5 Å². The molecule has 162 valence electrons. The third-order valence-corrected chi connectivity index (χ3v) is 5.57. The Morgan fingerprint density at radius 3 is 2.53 bits per heavy atom. The Kier molecular flexibility index (Phi) is 7.12. The summed E-state index contributed by atoms with van der Waals surface area (Å²) in [5, 5.41) is 0.381. The van der Waals surface area contributed by atoms with Crippen molar-refractivity contribution < 1.29 is 19.0 Å². The third kappa shape index (κ3) is 5.31. The highest BCUT2D eigenvalue weighted by Crippen LogP contribution is 2.38. The maximum atomic E-state index is 12.4. The lowest BCUT2D eigenvalue weighted by atomic mass is 10.1. The molecule has 0 spiro atoms. The average molecular weight is 560 g/mol. The summed E-state index contributed by atoms with van der Waals surface area (Å²) in [6, 6.07) is 20.9. The fourth-order valence-electron chi connectivity index (χ4n) is 3.09. The minimum atomic E-state index is -0.517. The predicted octanol–water partition coefficient (Wildman–Crippen LogP) is 6.27. The van der Waals surface area contributed by atoms with Crippen molar-refractivity contribution in [1.82, 2.24) is 0 Å². The van der Waals surface area contributed by atoms with Crippen molar-refractivity contribution in [3.8, 4) is 11.5 Å². The summed E-state index contributed by atoms with van der Waals surface area (Å²) in [5.41, 5.74) is 2.60. The molecule has 4 rings (SSSR count). The summed E-state index contributed by atoms with van der Waals surface area (Å²) in [6.07, 6.45) is 1.62. The summed E-state index contributed by atoms with van der Waals surface area (Å²) in [6.45, 7) is 2.68. The molecule has 3 aromatic carbocycles. The van der Waals surface area contributed by atoms with Crippen molar-refractivity contribution >= 4 is 52.1 Å². The number of nitrogens with zero attached hydrogens (tertiary/aromatic N) is 1. The summed E-state index contributed by atoms with van der Waals surface area (Å²) in [5.74, 6) is 0.709. The fourth-order valence-corrected chi connectivity index (χ4v) is 3.72. The van der Waals surface area contributed by atoms with Crippen LogP contribution in [0.3, 0.4) is 0 Å². The van der Waals surface area contributed by atoms with Crippen molar-refractivity contribution in [2.24, 2.45) is 4.99 Å². The van der Waals surface area contributed by atoms with Crippen molar-refractivity contribution in [2.75, 3.05) is 6.61 Å². The number of aliphatic imine (C=N–C) groups is 1. The number of esters is 1. The number of benzene rings is 3. The SMILES string of the molecule is CCOc1cc(/C=C2\N=C(c3ccc(I)cc3)OC2=O)cc(Cl)c1OCc1ccccc1. The Hall–Kier alpha value is -2.84. The van der Waals surface area contributed by atoms with Gasteiger partial charge in [-0.15, -0.1) is 0 Å². The van der Waals surface area contributed by atoms with Gasteiger partial charge in [-0.3, -0.25) is 0 Å². The van der Waals surface area contributed by atoms with Crippen LogP contribution in [0.15, 0.2) is 77.4 Å². The van der Waals surface area contributed by atoms with Crippen LogP contribution < -0.4 is 9.47 Å². The molecule has 1 heterocycles. The van der Waals surface area contributed by atoms with Gasteiger partial charge in [0.1, 0.15) is 6.61 Å². The molecule has 0 amide bonds. The molecule has 0 atom stereocenters. The largest absolute Gasteiger partial charge is 0.490 e. The van der Waals surface area contributed by atoms with Gasteiger partial charge in [-0.05, 0) is 83.1 Å². The first-order valence-corrected chi connectivity index (χ1v) is 11.4. The fraction of sp³-hybridized carbons (Fsp3) is 0.120. The van der Waals surface area contributed by atoms with Gasteiger partial charge in [0.05, 0.1) is 11.6 Å². The second-order valence-corrected chi connectivity index (χ2v) is 8.53. The van der Waals surface area contributed by atoms with E-state index in [-0.39, 0.29) is 11.6 Å². The van der Waals surface area contributed by atoms with Gasteiger partial charge in [0, 0.05) is 9.13 Å². The van der Waals surface area contributed by atoms with Gasteiger partial charge in [-0.25, -0.2) is 9.79 Å². The Bertz CT molecular complexity index is 1190. The van der Waals surface area contributed by atoms with E-state index in [0.717, 1.165) is 14.7 Å². The highest BCUT2D eigenvalue weighted by atomic mass is 127. The Balaban J connectivity index is 1.61. The zero-order valence-electron chi connectivity index (χ0n) is 17.2. The number of halogens is 2. The molecule has 0 aliphatic carbocycles. The lowest BCUT2D eigenvalue weighted by molar-refractivity contribution is -0.129. The Morgan fingerprint density at radius 2 is 1.81 bits per heavy atom. The number of cyclic esters (lactones) is 1. The van der Waals surface area contributed by atoms with Gasteiger partial charge >= 0.3 is 5.97 Å². The van der Waals surface area contributed by atoms with E-state index in [0.29, 0.717) is 35.3 Å². The van der Waals surface area contributed by atoms with Crippen molar-refractivity contribution in [3.05, 3.63) is 97.7 Å². The highest BCUT2D eigenvalue weighted by Gasteiger charge is 2.24. The molecule has 1 aliphatic rings.